The van der Waals surface area contributed by atoms with Crippen LogP contribution in [-0.4, -0.2) is 26.0 Å². The Labute approximate surface area is 67.8 Å². The van der Waals surface area contributed by atoms with E-state index in [1.54, 1.807) is 23.3 Å². The van der Waals surface area contributed by atoms with Crippen molar-refractivity contribution >= 4 is 16.5 Å². The molecule has 0 aliphatic carbocycles. The standard InChI is InChI=1S/C6H11N3OS/c1-11(10)3-2-9-5-6(7)4-8-9/h4-5H,2-3,7H2,1H3. The van der Waals surface area contributed by atoms with Crippen LogP contribution in [0.25, 0.3) is 0 Å². The summed E-state index contributed by atoms with van der Waals surface area (Å²) in [4.78, 5) is 0. The molecule has 1 unspecified atom stereocenters. The van der Waals surface area contributed by atoms with Crippen LogP contribution in [0.2, 0.25) is 0 Å². The van der Waals surface area contributed by atoms with Gasteiger partial charge in [-0.05, 0) is 0 Å². The predicted octanol–water partition coefficient (Wildman–Crippen LogP) is -0.156. The Morgan fingerprint density at radius 1 is 1.82 bits per heavy atom. The van der Waals surface area contributed by atoms with E-state index in [0.29, 0.717) is 18.0 Å². The van der Waals surface area contributed by atoms with Gasteiger partial charge in [0.25, 0.3) is 0 Å². The van der Waals surface area contributed by atoms with Crippen molar-refractivity contribution in [3.63, 3.8) is 0 Å². The largest absolute Gasteiger partial charge is 0.396 e. The lowest BCUT2D eigenvalue weighted by Gasteiger charge is -1.96. The predicted molar refractivity (Wildman–Crippen MR) is 45.6 cm³/mol. The molecule has 0 amide bonds. The van der Waals surface area contributed by atoms with Crippen LogP contribution in [0.5, 0.6) is 0 Å². The molecule has 0 aromatic carbocycles. The summed E-state index contributed by atoms with van der Waals surface area (Å²) in [6, 6.07) is 0. The summed E-state index contributed by atoms with van der Waals surface area (Å²) >= 11 is 0. The third-order valence-electron chi connectivity index (χ3n) is 1.26. The quantitative estimate of drug-likeness (QED) is 0.691. The SMILES string of the molecule is CS(=O)CCn1cc(N)cn1. The Kier molecular flexibility index (Phi) is 2.64. The van der Waals surface area contributed by atoms with E-state index in [1.165, 1.54) is 0 Å². The van der Waals surface area contributed by atoms with Gasteiger partial charge in [0.05, 0.1) is 18.4 Å². The van der Waals surface area contributed by atoms with Gasteiger partial charge in [0.1, 0.15) is 0 Å². The number of aryl methyl sites for hydroxylation is 1. The van der Waals surface area contributed by atoms with Crippen molar-refractivity contribution in [1.82, 2.24) is 9.78 Å². The Morgan fingerprint density at radius 2 is 2.55 bits per heavy atom. The van der Waals surface area contributed by atoms with Crippen molar-refractivity contribution in [3.8, 4) is 0 Å². The molecule has 11 heavy (non-hydrogen) atoms. The van der Waals surface area contributed by atoms with Gasteiger partial charge in [-0.3, -0.25) is 8.89 Å². The van der Waals surface area contributed by atoms with Crippen molar-refractivity contribution in [2.24, 2.45) is 0 Å². The number of nitrogen functional groups attached to an aromatic ring is 1. The maximum absolute atomic E-state index is 10.7. The third kappa shape index (κ3) is 2.71. The van der Waals surface area contributed by atoms with Crippen LogP contribution in [0.1, 0.15) is 0 Å². The molecule has 0 saturated carbocycles. The molecular weight excluding hydrogens is 162 g/mol. The summed E-state index contributed by atoms with van der Waals surface area (Å²) < 4.78 is 12.4. The normalized spacial score (nSPS) is 13.2. The minimum absolute atomic E-state index is 0.626. The zero-order chi connectivity index (χ0) is 8.27. The molecule has 1 aromatic rings. The number of hydrogen-bond donors (Lipinski definition) is 1. The summed E-state index contributed by atoms with van der Waals surface area (Å²) in [7, 11) is -0.758. The zero-order valence-electron chi connectivity index (χ0n) is 6.36. The van der Waals surface area contributed by atoms with E-state index < -0.39 is 10.8 Å². The second kappa shape index (κ2) is 3.52. The number of rotatable bonds is 3. The van der Waals surface area contributed by atoms with Crippen LogP contribution in [0.4, 0.5) is 5.69 Å². The van der Waals surface area contributed by atoms with E-state index in [4.69, 9.17) is 5.73 Å². The smallest absolute Gasteiger partial charge is 0.0719 e. The highest BCUT2D eigenvalue weighted by Gasteiger charge is 1.95. The molecule has 0 spiro atoms. The minimum atomic E-state index is -0.758. The summed E-state index contributed by atoms with van der Waals surface area (Å²) in [5.41, 5.74) is 6.07. The molecule has 1 rings (SSSR count). The fourth-order valence-electron chi connectivity index (χ4n) is 0.724. The molecule has 1 heterocycles. The Bertz CT molecular complexity index is 258. The highest BCUT2D eigenvalue weighted by molar-refractivity contribution is 7.84. The van der Waals surface area contributed by atoms with Gasteiger partial charge in [0.2, 0.25) is 0 Å². The monoisotopic (exact) mass is 173 g/mol. The van der Waals surface area contributed by atoms with Crippen LogP contribution in [0.15, 0.2) is 12.4 Å². The fraction of sp³-hybridized carbons (Fsp3) is 0.500. The second-order valence-corrected chi connectivity index (χ2v) is 3.87. The summed E-state index contributed by atoms with van der Waals surface area (Å²) in [5, 5.41) is 3.94. The van der Waals surface area contributed by atoms with E-state index in [0.717, 1.165) is 0 Å². The van der Waals surface area contributed by atoms with Crippen LogP contribution in [0, 0.1) is 0 Å². The van der Waals surface area contributed by atoms with E-state index >= 15 is 0 Å². The lowest BCUT2D eigenvalue weighted by molar-refractivity contribution is 0.646. The number of nitrogens with two attached hydrogens (primary N) is 1. The third-order valence-corrected chi connectivity index (χ3v) is 2.02. The Morgan fingerprint density at radius 3 is 3.00 bits per heavy atom. The van der Waals surface area contributed by atoms with Crippen molar-refractivity contribution < 1.29 is 4.21 Å². The van der Waals surface area contributed by atoms with E-state index in [1.807, 2.05) is 0 Å². The first-order valence-corrected chi connectivity index (χ1v) is 4.99. The minimum Gasteiger partial charge on any atom is -0.396 e. The van der Waals surface area contributed by atoms with Crippen LogP contribution < -0.4 is 5.73 Å². The molecule has 0 aliphatic heterocycles. The van der Waals surface area contributed by atoms with E-state index in [2.05, 4.69) is 5.10 Å². The molecule has 2 N–H and O–H groups in total. The number of anilines is 1. The molecule has 5 heteroatoms. The molecule has 1 atom stereocenters. The van der Waals surface area contributed by atoms with Gasteiger partial charge < -0.3 is 5.73 Å². The average Bonchev–Trinajstić information content (AvgIpc) is 2.31. The summed E-state index contributed by atoms with van der Waals surface area (Å²) in [6.07, 6.45) is 4.98. The summed E-state index contributed by atoms with van der Waals surface area (Å²) in [5.74, 6) is 0.626. The van der Waals surface area contributed by atoms with Gasteiger partial charge in [0, 0.05) is 29.0 Å². The highest BCUT2D eigenvalue weighted by Crippen LogP contribution is 1.97. The fourth-order valence-corrected chi connectivity index (χ4v) is 1.17. The van der Waals surface area contributed by atoms with Gasteiger partial charge in [-0.15, -0.1) is 0 Å². The van der Waals surface area contributed by atoms with Crippen molar-refractivity contribution in [3.05, 3.63) is 12.4 Å². The average molecular weight is 173 g/mol. The van der Waals surface area contributed by atoms with Gasteiger partial charge in [0.15, 0.2) is 0 Å². The van der Waals surface area contributed by atoms with E-state index in [9.17, 15) is 4.21 Å². The maximum Gasteiger partial charge on any atom is 0.0719 e. The molecule has 0 radical (unpaired) electrons. The van der Waals surface area contributed by atoms with Crippen LogP contribution in [0.3, 0.4) is 0 Å². The van der Waals surface area contributed by atoms with Gasteiger partial charge in [-0.1, -0.05) is 0 Å². The molecule has 0 fully saturated rings. The molecule has 1 aromatic heterocycles. The van der Waals surface area contributed by atoms with Crippen molar-refractivity contribution in [2.75, 3.05) is 17.7 Å². The lowest BCUT2D eigenvalue weighted by Crippen LogP contribution is -2.06. The molecule has 4 nitrogen and oxygen atoms in total. The topological polar surface area (TPSA) is 60.9 Å². The highest BCUT2D eigenvalue weighted by atomic mass is 32.2. The molecule has 0 aliphatic rings. The van der Waals surface area contributed by atoms with Crippen molar-refractivity contribution in [1.29, 1.82) is 0 Å². The van der Waals surface area contributed by atoms with Crippen LogP contribution in [-0.2, 0) is 17.3 Å². The first-order chi connectivity index (χ1) is 5.18. The van der Waals surface area contributed by atoms with Gasteiger partial charge in [-0.2, -0.15) is 5.10 Å². The Balaban J connectivity index is 2.45. The number of hydrogen-bond acceptors (Lipinski definition) is 3. The van der Waals surface area contributed by atoms with Crippen LogP contribution >= 0.6 is 0 Å². The van der Waals surface area contributed by atoms with Crippen molar-refractivity contribution in [2.45, 2.75) is 6.54 Å². The maximum atomic E-state index is 10.7. The molecule has 62 valence electrons. The molecular formula is C6H11N3OS. The van der Waals surface area contributed by atoms with Gasteiger partial charge >= 0.3 is 0 Å². The lowest BCUT2D eigenvalue weighted by atomic mass is 10.6. The molecule has 0 bridgehead atoms. The number of aromatic nitrogens is 2. The number of nitrogens with zero attached hydrogens (tertiary/aromatic N) is 2. The zero-order valence-corrected chi connectivity index (χ0v) is 7.17. The van der Waals surface area contributed by atoms with Gasteiger partial charge in [-0.25, -0.2) is 0 Å². The Hall–Kier alpha value is -0.840. The first kappa shape index (κ1) is 8.26. The summed E-state index contributed by atoms with van der Waals surface area (Å²) in [6.45, 7) is 0.667. The molecule has 0 saturated heterocycles. The first-order valence-electron chi connectivity index (χ1n) is 3.26. The van der Waals surface area contributed by atoms with E-state index in [-0.39, 0.29) is 0 Å². The second-order valence-electron chi connectivity index (χ2n) is 2.31.